The van der Waals surface area contributed by atoms with Crippen LogP contribution in [0.25, 0.3) is 0 Å². The molecule has 0 aliphatic heterocycles. The second kappa shape index (κ2) is 11.7. The number of aliphatic hydroxyl groups excluding tert-OH is 2. The number of hydrogen-bond donors (Lipinski definition) is 4. The van der Waals surface area contributed by atoms with Crippen LogP contribution in [0.3, 0.4) is 0 Å². The number of carbonyl (C=O) groups excluding carboxylic acids is 5. The van der Waals surface area contributed by atoms with Gasteiger partial charge >= 0.3 is 0 Å². The second-order valence-corrected chi connectivity index (χ2v) is 15.1. The number of fused-ring (bicyclic) bond motifs is 3. The van der Waals surface area contributed by atoms with E-state index < -0.39 is 62.5 Å². The van der Waals surface area contributed by atoms with Crippen LogP contribution < -0.4 is 0 Å². The van der Waals surface area contributed by atoms with Crippen LogP contribution in [0, 0.1) is 22.7 Å². The molecule has 3 aliphatic rings. The molecule has 0 saturated heterocycles. The lowest BCUT2D eigenvalue weighted by molar-refractivity contribution is -0.171. The number of ketones is 5. The summed E-state index contributed by atoms with van der Waals surface area (Å²) in [4.78, 5) is 66.0. The first kappa shape index (κ1) is 35.0. The molecule has 1 unspecified atom stereocenters. The van der Waals surface area contributed by atoms with Crippen LogP contribution in [0.2, 0.25) is 0 Å². The maximum absolute atomic E-state index is 14.6. The molecular formula is C39H44O9. The van der Waals surface area contributed by atoms with Crippen molar-refractivity contribution in [3.8, 4) is 5.75 Å². The van der Waals surface area contributed by atoms with Crippen LogP contribution in [-0.4, -0.2) is 54.9 Å². The highest BCUT2D eigenvalue weighted by Gasteiger charge is 2.71. The smallest absolute Gasteiger partial charge is 0.209 e. The Kier molecular flexibility index (Phi) is 8.48. The van der Waals surface area contributed by atoms with Crippen LogP contribution in [-0.2, 0) is 33.6 Å². The lowest BCUT2D eigenvalue weighted by atomic mass is 9.44. The topological polar surface area (TPSA) is 166 Å². The van der Waals surface area contributed by atoms with Gasteiger partial charge in [-0.05, 0) is 55.2 Å². The monoisotopic (exact) mass is 656 g/mol. The highest BCUT2D eigenvalue weighted by atomic mass is 16.3. The Morgan fingerprint density at radius 1 is 0.917 bits per heavy atom. The molecule has 4 N–H and O–H groups in total. The minimum Gasteiger partial charge on any atom is -0.511 e. The molecule has 2 aromatic carbocycles. The van der Waals surface area contributed by atoms with Crippen molar-refractivity contribution in [3.05, 3.63) is 86.4 Å². The molecule has 0 heterocycles. The van der Waals surface area contributed by atoms with Gasteiger partial charge in [-0.1, -0.05) is 71.9 Å². The van der Waals surface area contributed by atoms with E-state index in [9.17, 15) is 44.4 Å². The molecule has 0 saturated carbocycles. The van der Waals surface area contributed by atoms with Gasteiger partial charge in [-0.25, -0.2) is 0 Å². The van der Waals surface area contributed by atoms with Crippen molar-refractivity contribution >= 4 is 28.9 Å². The van der Waals surface area contributed by atoms with E-state index in [1.807, 2.05) is 13.8 Å². The molecule has 0 amide bonds. The maximum Gasteiger partial charge on any atom is 0.209 e. The summed E-state index contributed by atoms with van der Waals surface area (Å²) >= 11 is 0. The third-order valence-electron chi connectivity index (χ3n) is 10.9. The van der Waals surface area contributed by atoms with E-state index in [4.69, 9.17) is 0 Å². The molecule has 4 atom stereocenters. The molecule has 254 valence electrons. The first-order chi connectivity index (χ1) is 22.2. The fourth-order valence-electron chi connectivity index (χ4n) is 8.90. The van der Waals surface area contributed by atoms with Crippen LogP contribution in [0.1, 0.15) is 111 Å². The standard InChI is InChI=1S/C39H44O9/c1-18(2)26-15-24(14-25(42)13-22-9-11-23(12-10-22)20(5)40)32(43)29-27(26)16-37(7)17-38(8)30(19(3)4)33(44)28(21(6)41)35(46)39(38,48)36(47)31(37)34(29)45/h9-12,15,18-19,30,43-44,47-48H,13-14,16-17H2,1-8H3/t30?,37-,38-,39+/m1/s1. The number of phenolic OH excluding ortho intramolecular Hbond substituents is 1. The van der Waals surface area contributed by atoms with E-state index in [-0.39, 0.29) is 65.8 Å². The quantitative estimate of drug-likeness (QED) is 0.196. The van der Waals surface area contributed by atoms with Gasteiger partial charge in [0.25, 0.3) is 0 Å². The Morgan fingerprint density at radius 3 is 2.04 bits per heavy atom. The van der Waals surface area contributed by atoms with Crippen molar-refractivity contribution in [2.75, 3.05) is 0 Å². The minimum atomic E-state index is -2.70. The van der Waals surface area contributed by atoms with E-state index in [2.05, 4.69) is 0 Å². The summed E-state index contributed by atoms with van der Waals surface area (Å²) in [7, 11) is 0. The van der Waals surface area contributed by atoms with Crippen molar-refractivity contribution in [1.82, 2.24) is 0 Å². The normalized spacial score (nSPS) is 26.9. The van der Waals surface area contributed by atoms with Gasteiger partial charge in [0.2, 0.25) is 5.78 Å². The number of hydrogen-bond acceptors (Lipinski definition) is 9. The average Bonchev–Trinajstić information content (AvgIpc) is 2.96. The zero-order chi connectivity index (χ0) is 35.8. The molecule has 0 aromatic heterocycles. The lowest BCUT2D eigenvalue weighted by Gasteiger charge is -2.59. The third kappa shape index (κ3) is 4.97. The van der Waals surface area contributed by atoms with E-state index >= 15 is 0 Å². The molecule has 48 heavy (non-hydrogen) atoms. The Labute approximate surface area is 280 Å². The number of aromatic hydroxyl groups is 1. The first-order valence-electron chi connectivity index (χ1n) is 16.4. The fraction of sp³-hybridized carbons (Fsp3) is 0.462. The number of allylic oxidation sites excluding steroid dienone is 2. The Morgan fingerprint density at radius 2 is 1.52 bits per heavy atom. The highest BCUT2D eigenvalue weighted by Crippen LogP contribution is 2.65. The molecule has 3 aliphatic carbocycles. The average molecular weight is 657 g/mol. The number of rotatable bonds is 8. The van der Waals surface area contributed by atoms with Crippen molar-refractivity contribution < 1.29 is 44.4 Å². The second-order valence-electron chi connectivity index (χ2n) is 15.1. The number of phenols is 1. The van der Waals surface area contributed by atoms with Gasteiger partial charge in [-0.15, -0.1) is 0 Å². The van der Waals surface area contributed by atoms with E-state index in [1.54, 1.807) is 58.0 Å². The van der Waals surface area contributed by atoms with Crippen LogP contribution in [0.15, 0.2) is 53.0 Å². The summed E-state index contributed by atoms with van der Waals surface area (Å²) in [5.41, 5.74) is -3.49. The van der Waals surface area contributed by atoms with E-state index in [0.29, 0.717) is 16.7 Å². The van der Waals surface area contributed by atoms with Crippen LogP contribution >= 0.6 is 0 Å². The summed E-state index contributed by atoms with van der Waals surface area (Å²) in [5.74, 6) is -6.12. The molecule has 2 aromatic rings. The molecule has 5 rings (SSSR count). The molecular weight excluding hydrogens is 612 g/mol. The SMILES string of the molecule is CC(=O)C1=C(O)C(C(C)C)[C@@]2(C)C[C@@]3(C)Cc4c(C(C)C)cc(CC(=O)Cc5ccc(C(C)=O)cc5)c(O)c4C(=O)C3=C(O)[C@@]2(O)C1=O. The molecule has 0 bridgehead atoms. The summed E-state index contributed by atoms with van der Waals surface area (Å²) < 4.78 is 0. The lowest BCUT2D eigenvalue weighted by Crippen LogP contribution is -2.67. The van der Waals surface area contributed by atoms with Crippen LogP contribution in [0.4, 0.5) is 0 Å². The number of carbonyl (C=O) groups is 5. The highest BCUT2D eigenvalue weighted by molar-refractivity contribution is 6.25. The van der Waals surface area contributed by atoms with Gasteiger partial charge in [0.1, 0.15) is 28.6 Å². The first-order valence-corrected chi connectivity index (χ1v) is 16.4. The van der Waals surface area contributed by atoms with Gasteiger partial charge in [-0.2, -0.15) is 0 Å². The summed E-state index contributed by atoms with van der Waals surface area (Å²) in [6, 6.07) is 8.44. The van der Waals surface area contributed by atoms with Crippen molar-refractivity contribution in [3.63, 3.8) is 0 Å². The van der Waals surface area contributed by atoms with Crippen molar-refractivity contribution in [2.24, 2.45) is 22.7 Å². The summed E-state index contributed by atoms with van der Waals surface area (Å²) in [6.07, 6.45) is 0.0184. The van der Waals surface area contributed by atoms with Gasteiger partial charge < -0.3 is 20.4 Å². The van der Waals surface area contributed by atoms with Crippen LogP contribution in [0.5, 0.6) is 5.75 Å². The molecule has 9 nitrogen and oxygen atoms in total. The van der Waals surface area contributed by atoms with Crippen molar-refractivity contribution in [1.29, 1.82) is 0 Å². The zero-order valence-corrected chi connectivity index (χ0v) is 28.8. The number of aliphatic hydroxyl groups is 3. The largest absolute Gasteiger partial charge is 0.511 e. The van der Waals surface area contributed by atoms with Gasteiger partial charge in [0.05, 0.1) is 5.56 Å². The fourth-order valence-corrected chi connectivity index (χ4v) is 8.90. The minimum absolute atomic E-state index is 0.00581. The Hall–Kier alpha value is -4.37. The molecule has 0 fully saturated rings. The van der Waals surface area contributed by atoms with Gasteiger partial charge in [0.15, 0.2) is 23.0 Å². The van der Waals surface area contributed by atoms with E-state index in [0.717, 1.165) is 12.5 Å². The maximum atomic E-state index is 14.6. The predicted octanol–water partition coefficient (Wildman–Crippen LogP) is 6.03. The molecule has 0 radical (unpaired) electrons. The number of Topliss-reactive ketones (excluding diaryl/α,β-unsaturated/α-hetero) is 5. The predicted molar refractivity (Wildman–Crippen MR) is 178 cm³/mol. The number of benzene rings is 2. The van der Waals surface area contributed by atoms with Crippen molar-refractivity contribution in [2.45, 2.75) is 92.6 Å². The van der Waals surface area contributed by atoms with E-state index in [1.165, 1.54) is 6.92 Å². The molecule has 9 heteroatoms. The Balaban J connectivity index is 1.65. The summed E-state index contributed by atoms with van der Waals surface area (Å²) in [5, 5.41) is 47.2. The molecule has 0 spiro atoms. The Bertz CT molecular complexity index is 1860. The van der Waals surface area contributed by atoms with Gasteiger partial charge in [0, 0.05) is 46.3 Å². The summed E-state index contributed by atoms with van der Waals surface area (Å²) in [6.45, 7) is 13.4. The van der Waals surface area contributed by atoms with Gasteiger partial charge in [-0.3, -0.25) is 24.0 Å². The third-order valence-corrected chi connectivity index (χ3v) is 10.9. The zero-order valence-electron chi connectivity index (χ0n) is 28.8.